The molecule has 0 spiro atoms. The van der Waals surface area contributed by atoms with E-state index < -0.39 is 0 Å². The number of halogens is 1. The standard InChI is InChI=1S/C55H68ClN3O10S/c1-6-7-8-11-27-59(54-58-46-13-9-10-14-49(46)70-54)57-32-45-43-23-26-48(66-34-39-35-67-52(68-36-39)40-17-21-42(22-18-40)62-30-31-63-51(60)37(2)3)50(56)44(43)24-25-47(45)65-33-38-15-19-41(20-16-38)61-28-12-29-64-53-55(4,5)69-53/h9-10,13-16,19-20,23-26,32,39-40,42,52-53H,2,6-8,11-12,17-18,21-22,27-31,33-36H2,1,3-5H3/b57-32+. The highest BCUT2D eigenvalue weighted by atomic mass is 35.5. The fraction of sp³-hybridized carbons (Fsp3) is 0.509. The van der Waals surface area contributed by atoms with Crippen molar-refractivity contribution in [1.29, 1.82) is 0 Å². The second-order valence-electron chi connectivity index (χ2n) is 18.9. The Labute approximate surface area is 421 Å². The number of fused-ring (bicyclic) bond motifs is 2. The van der Waals surface area contributed by atoms with E-state index in [4.69, 9.17) is 64.3 Å². The van der Waals surface area contributed by atoms with E-state index in [2.05, 4.69) is 19.6 Å². The van der Waals surface area contributed by atoms with Crippen molar-refractivity contribution in [2.45, 2.75) is 116 Å². The third-order valence-corrected chi connectivity index (χ3v) is 14.2. The van der Waals surface area contributed by atoms with Gasteiger partial charge < -0.3 is 42.6 Å². The van der Waals surface area contributed by atoms with Crippen molar-refractivity contribution >= 4 is 61.2 Å². The van der Waals surface area contributed by atoms with Crippen molar-refractivity contribution in [3.8, 4) is 17.2 Å². The van der Waals surface area contributed by atoms with E-state index in [-0.39, 0.29) is 42.8 Å². The van der Waals surface area contributed by atoms with Crippen LogP contribution in [0.2, 0.25) is 5.02 Å². The third kappa shape index (κ3) is 14.2. The maximum atomic E-state index is 11.6. The van der Waals surface area contributed by atoms with Crippen LogP contribution in [0.3, 0.4) is 0 Å². The second-order valence-corrected chi connectivity index (χ2v) is 20.3. The smallest absolute Gasteiger partial charge is 0.333 e. The van der Waals surface area contributed by atoms with Crippen LogP contribution in [0.15, 0.2) is 90.0 Å². The number of nitrogens with zero attached hydrogens (tertiary/aromatic N) is 3. The summed E-state index contributed by atoms with van der Waals surface area (Å²) in [4.78, 5) is 16.6. The predicted octanol–water partition coefficient (Wildman–Crippen LogP) is 12.1. The van der Waals surface area contributed by atoms with E-state index in [1.54, 1.807) is 18.3 Å². The molecule has 3 heterocycles. The Hall–Kier alpha value is -4.80. The zero-order chi connectivity index (χ0) is 48.9. The van der Waals surface area contributed by atoms with Crippen LogP contribution in [0.25, 0.3) is 21.0 Å². The van der Waals surface area contributed by atoms with Gasteiger partial charge in [-0.05, 0) is 112 Å². The molecule has 15 heteroatoms. The zero-order valence-electron chi connectivity index (χ0n) is 41.0. The van der Waals surface area contributed by atoms with Gasteiger partial charge >= 0.3 is 5.97 Å². The monoisotopic (exact) mass is 997 g/mol. The number of para-hydroxylation sites is 1. The summed E-state index contributed by atoms with van der Waals surface area (Å²) in [5.41, 5.74) is 2.96. The highest BCUT2D eigenvalue weighted by Gasteiger charge is 2.49. The number of carbonyl (C=O) groups is 1. The summed E-state index contributed by atoms with van der Waals surface area (Å²) in [6, 6.07) is 24.1. The molecule has 3 fully saturated rings. The van der Waals surface area contributed by atoms with Gasteiger partial charge in [0.05, 0.1) is 67.2 Å². The molecule has 0 amide bonds. The SMILES string of the molecule is C=C(C)C(=O)OCCOC1CCC(C2OCC(COc3ccc4c(/C=N/N(CCCCCC)c5nc6ccccc6s5)c(OCc5ccc(OCCCOC6OC6(C)C)cc5)ccc4c3Cl)CO2)CC1. The fourth-order valence-corrected chi connectivity index (χ4v) is 9.84. The van der Waals surface area contributed by atoms with E-state index in [1.807, 2.05) is 91.8 Å². The molecule has 5 aromatic rings. The van der Waals surface area contributed by atoms with Gasteiger partial charge in [0.25, 0.3) is 0 Å². The largest absolute Gasteiger partial charge is 0.494 e. The molecule has 0 N–H and O–H groups in total. The van der Waals surface area contributed by atoms with Crippen molar-refractivity contribution < 1.29 is 47.4 Å². The molecular weight excluding hydrogens is 930 g/mol. The molecule has 8 rings (SSSR count). The van der Waals surface area contributed by atoms with Crippen LogP contribution in [-0.4, -0.2) is 94.2 Å². The first-order valence-electron chi connectivity index (χ1n) is 24.9. The van der Waals surface area contributed by atoms with Gasteiger partial charge in [-0.1, -0.05) is 80.0 Å². The lowest BCUT2D eigenvalue weighted by atomic mass is 9.86. The molecule has 13 nitrogen and oxygen atoms in total. The van der Waals surface area contributed by atoms with Crippen molar-refractivity contribution in [3.05, 3.63) is 101 Å². The number of rotatable bonds is 26. The summed E-state index contributed by atoms with van der Waals surface area (Å²) in [7, 11) is 0. The fourth-order valence-electron chi connectivity index (χ4n) is 8.60. The molecule has 1 unspecified atom stereocenters. The van der Waals surface area contributed by atoms with Gasteiger partial charge in [0.2, 0.25) is 5.13 Å². The zero-order valence-corrected chi connectivity index (χ0v) is 42.6. The minimum absolute atomic E-state index is 0.0458. The summed E-state index contributed by atoms with van der Waals surface area (Å²) in [5.74, 6) is 2.01. The number of hydrogen-bond donors (Lipinski definition) is 0. The Morgan fingerprint density at radius 3 is 2.37 bits per heavy atom. The molecule has 1 atom stereocenters. The number of benzene rings is 4. The first-order chi connectivity index (χ1) is 34.0. The lowest BCUT2D eigenvalue weighted by molar-refractivity contribution is -0.233. The summed E-state index contributed by atoms with van der Waals surface area (Å²) >= 11 is 8.84. The number of hydrogen-bond acceptors (Lipinski definition) is 14. The van der Waals surface area contributed by atoms with Crippen molar-refractivity contribution in [2.75, 3.05) is 57.8 Å². The first kappa shape index (κ1) is 51.6. The number of esters is 1. The van der Waals surface area contributed by atoms with Crippen LogP contribution in [0, 0.1) is 11.8 Å². The summed E-state index contributed by atoms with van der Waals surface area (Å²) in [6.07, 6.45) is 10.5. The van der Waals surface area contributed by atoms with Crippen LogP contribution in [0.5, 0.6) is 17.2 Å². The summed E-state index contributed by atoms with van der Waals surface area (Å²) < 4.78 is 55.0. The molecule has 1 aromatic heterocycles. The van der Waals surface area contributed by atoms with E-state index in [0.717, 1.165) is 107 Å². The average Bonchev–Trinajstić information content (AvgIpc) is 3.75. The van der Waals surface area contributed by atoms with E-state index in [0.29, 0.717) is 74.3 Å². The van der Waals surface area contributed by atoms with Gasteiger partial charge in [0.1, 0.15) is 36.1 Å². The lowest BCUT2D eigenvalue weighted by Gasteiger charge is -2.37. The van der Waals surface area contributed by atoms with Crippen molar-refractivity contribution in [3.63, 3.8) is 0 Å². The minimum Gasteiger partial charge on any atom is -0.494 e. The molecule has 1 saturated carbocycles. The number of carbonyl (C=O) groups excluding carboxylic acids is 1. The van der Waals surface area contributed by atoms with Gasteiger partial charge in [-0.25, -0.2) is 14.8 Å². The molecule has 4 aromatic carbocycles. The third-order valence-electron chi connectivity index (χ3n) is 12.8. The average molecular weight is 999 g/mol. The van der Waals surface area contributed by atoms with E-state index >= 15 is 0 Å². The number of unbranched alkanes of at least 4 members (excludes halogenated alkanes) is 3. The van der Waals surface area contributed by atoms with Crippen LogP contribution in [-0.2, 0) is 39.8 Å². The summed E-state index contributed by atoms with van der Waals surface area (Å²) in [6.45, 7) is 15.8. The second kappa shape index (κ2) is 25.0. The Bertz CT molecular complexity index is 2490. The molecule has 0 bridgehead atoms. The maximum Gasteiger partial charge on any atom is 0.333 e. The quantitative estimate of drug-likeness (QED) is 0.0130. The van der Waals surface area contributed by atoms with Crippen molar-refractivity contribution in [2.24, 2.45) is 16.9 Å². The normalized spacial score (nSPS) is 21.0. The van der Waals surface area contributed by atoms with Gasteiger partial charge in [-0.3, -0.25) is 0 Å². The molecule has 2 saturated heterocycles. The van der Waals surface area contributed by atoms with Crippen LogP contribution in [0.1, 0.15) is 96.6 Å². The summed E-state index contributed by atoms with van der Waals surface area (Å²) in [5, 5.41) is 10.2. The highest BCUT2D eigenvalue weighted by Crippen LogP contribution is 2.39. The van der Waals surface area contributed by atoms with Gasteiger partial charge in [-0.2, -0.15) is 5.10 Å². The molecule has 2 aliphatic heterocycles. The van der Waals surface area contributed by atoms with E-state index in [1.165, 1.54) is 0 Å². The first-order valence-corrected chi connectivity index (χ1v) is 26.1. The molecular formula is C55H68ClN3O10S. The van der Waals surface area contributed by atoms with Crippen molar-refractivity contribution in [1.82, 2.24) is 4.98 Å². The lowest BCUT2D eigenvalue weighted by Crippen LogP contribution is -2.41. The number of ether oxygens (including phenoxy) is 9. The Morgan fingerprint density at radius 1 is 0.871 bits per heavy atom. The van der Waals surface area contributed by atoms with Crippen LogP contribution in [0.4, 0.5) is 5.13 Å². The van der Waals surface area contributed by atoms with Gasteiger partial charge in [0, 0.05) is 41.3 Å². The molecule has 1 aliphatic carbocycles. The molecule has 3 aliphatic rings. The predicted molar refractivity (Wildman–Crippen MR) is 276 cm³/mol. The highest BCUT2D eigenvalue weighted by molar-refractivity contribution is 7.22. The number of hydrazone groups is 1. The number of anilines is 1. The Morgan fingerprint density at radius 2 is 1.63 bits per heavy atom. The van der Waals surface area contributed by atoms with Crippen LogP contribution >= 0.6 is 22.9 Å². The maximum absolute atomic E-state index is 11.6. The topological polar surface area (TPSA) is 132 Å². The van der Waals surface area contributed by atoms with E-state index in [9.17, 15) is 4.79 Å². The Kier molecular flexibility index (Phi) is 18.4. The number of thiazole rings is 1. The van der Waals surface area contributed by atoms with Crippen LogP contribution < -0.4 is 19.2 Å². The minimum atomic E-state index is -0.389. The number of aromatic nitrogens is 1. The molecule has 376 valence electrons. The molecule has 0 radical (unpaired) electrons. The van der Waals surface area contributed by atoms with Gasteiger partial charge in [0.15, 0.2) is 12.6 Å². The number of epoxide rings is 1. The molecule has 70 heavy (non-hydrogen) atoms. The van der Waals surface area contributed by atoms with Gasteiger partial charge in [-0.15, -0.1) is 0 Å². The Balaban J connectivity index is 0.908.